The monoisotopic (exact) mass is 346 g/mol. The number of fused-ring (bicyclic) bond motifs is 2. The first-order chi connectivity index (χ1) is 12.7. The molecular weight excluding hydrogens is 324 g/mol. The van der Waals surface area contributed by atoms with Gasteiger partial charge in [0, 0.05) is 18.8 Å². The van der Waals surface area contributed by atoms with E-state index in [1.54, 1.807) is 4.90 Å². The molecule has 2 aliphatic heterocycles. The highest BCUT2D eigenvalue weighted by atomic mass is 16.2. The van der Waals surface area contributed by atoms with Crippen LogP contribution in [0.2, 0.25) is 0 Å². The Morgan fingerprint density at radius 2 is 1.69 bits per heavy atom. The molecule has 0 atom stereocenters. The van der Waals surface area contributed by atoms with Crippen LogP contribution >= 0.6 is 0 Å². The lowest BCUT2D eigenvalue weighted by Gasteiger charge is -2.38. The Morgan fingerprint density at radius 1 is 1.04 bits per heavy atom. The number of anilines is 1. The number of likely N-dealkylation sites (tertiary alicyclic amines) is 1. The van der Waals surface area contributed by atoms with Crippen LogP contribution in [0.25, 0.3) is 0 Å². The quantitative estimate of drug-likeness (QED) is 0.800. The van der Waals surface area contributed by atoms with E-state index in [0.717, 1.165) is 16.8 Å². The number of carbonyl (C=O) groups excluding carboxylic acids is 2. The van der Waals surface area contributed by atoms with E-state index in [0.29, 0.717) is 32.5 Å². The Labute approximate surface area is 153 Å². The third-order valence-electron chi connectivity index (χ3n) is 5.65. The van der Waals surface area contributed by atoms with Crippen molar-refractivity contribution in [2.24, 2.45) is 0 Å². The molecule has 1 spiro atoms. The zero-order chi connectivity index (χ0) is 18.1. The molecule has 0 bridgehead atoms. The SMILES string of the molecule is C=CC(=O)N1CCC2(CC1)C(=O)N(Cc1ccccc1)c1ccccc12. The van der Waals surface area contributed by atoms with Gasteiger partial charge in [-0.25, -0.2) is 0 Å². The van der Waals surface area contributed by atoms with E-state index < -0.39 is 5.41 Å². The zero-order valence-electron chi connectivity index (χ0n) is 14.7. The van der Waals surface area contributed by atoms with Gasteiger partial charge in [0.25, 0.3) is 0 Å². The fourth-order valence-corrected chi connectivity index (χ4v) is 4.24. The molecule has 132 valence electrons. The summed E-state index contributed by atoms with van der Waals surface area (Å²) in [5, 5.41) is 0. The van der Waals surface area contributed by atoms with Gasteiger partial charge < -0.3 is 9.80 Å². The van der Waals surface area contributed by atoms with Crippen molar-refractivity contribution in [1.29, 1.82) is 0 Å². The maximum absolute atomic E-state index is 13.5. The van der Waals surface area contributed by atoms with Crippen LogP contribution in [0.1, 0.15) is 24.0 Å². The molecule has 1 saturated heterocycles. The Kier molecular flexibility index (Phi) is 4.11. The van der Waals surface area contributed by atoms with E-state index in [1.807, 2.05) is 53.4 Å². The van der Waals surface area contributed by atoms with Gasteiger partial charge in [-0.3, -0.25) is 9.59 Å². The lowest BCUT2D eigenvalue weighted by Crippen LogP contribution is -2.49. The molecule has 1 fully saturated rings. The van der Waals surface area contributed by atoms with Gasteiger partial charge in [-0.05, 0) is 36.1 Å². The van der Waals surface area contributed by atoms with Crippen LogP contribution in [0, 0.1) is 0 Å². The van der Waals surface area contributed by atoms with E-state index >= 15 is 0 Å². The van der Waals surface area contributed by atoms with Crippen LogP contribution in [0.3, 0.4) is 0 Å². The molecule has 2 amide bonds. The van der Waals surface area contributed by atoms with Gasteiger partial charge >= 0.3 is 0 Å². The third kappa shape index (κ3) is 2.53. The van der Waals surface area contributed by atoms with Crippen molar-refractivity contribution in [2.75, 3.05) is 18.0 Å². The van der Waals surface area contributed by atoms with Crippen molar-refractivity contribution in [3.05, 3.63) is 78.4 Å². The summed E-state index contributed by atoms with van der Waals surface area (Å²) in [6, 6.07) is 18.2. The Hall–Kier alpha value is -2.88. The molecule has 4 nitrogen and oxygen atoms in total. The summed E-state index contributed by atoms with van der Waals surface area (Å²) in [4.78, 5) is 29.1. The maximum atomic E-state index is 13.5. The lowest BCUT2D eigenvalue weighted by atomic mass is 9.73. The Morgan fingerprint density at radius 3 is 2.38 bits per heavy atom. The molecule has 4 heteroatoms. The molecule has 2 heterocycles. The highest BCUT2D eigenvalue weighted by Gasteiger charge is 2.52. The first-order valence-electron chi connectivity index (χ1n) is 9.02. The van der Waals surface area contributed by atoms with Gasteiger partial charge in [-0.15, -0.1) is 0 Å². The number of carbonyl (C=O) groups is 2. The van der Waals surface area contributed by atoms with E-state index in [-0.39, 0.29) is 11.8 Å². The number of piperidine rings is 1. The Bertz CT molecular complexity index is 851. The minimum absolute atomic E-state index is 0.0558. The average molecular weight is 346 g/mol. The first-order valence-corrected chi connectivity index (χ1v) is 9.02. The van der Waals surface area contributed by atoms with Crippen molar-refractivity contribution in [3.63, 3.8) is 0 Å². The highest BCUT2D eigenvalue weighted by Crippen LogP contribution is 2.48. The van der Waals surface area contributed by atoms with Crippen LogP contribution in [-0.2, 0) is 21.5 Å². The van der Waals surface area contributed by atoms with Crippen LogP contribution in [-0.4, -0.2) is 29.8 Å². The average Bonchev–Trinajstić information content (AvgIpc) is 2.92. The molecule has 0 aromatic heterocycles. The minimum Gasteiger partial charge on any atom is -0.339 e. The van der Waals surface area contributed by atoms with Gasteiger partial charge in [0.2, 0.25) is 11.8 Å². The molecule has 0 saturated carbocycles. The second-order valence-corrected chi connectivity index (χ2v) is 7.01. The minimum atomic E-state index is -0.511. The topological polar surface area (TPSA) is 40.6 Å². The molecule has 2 aromatic carbocycles. The molecule has 0 aliphatic carbocycles. The molecule has 0 radical (unpaired) electrons. The fraction of sp³-hybridized carbons (Fsp3) is 0.273. The van der Waals surface area contributed by atoms with E-state index in [4.69, 9.17) is 0 Å². The van der Waals surface area contributed by atoms with Crippen molar-refractivity contribution >= 4 is 17.5 Å². The van der Waals surface area contributed by atoms with Crippen LogP contribution in [0.4, 0.5) is 5.69 Å². The van der Waals surface area contributed by atoms with Gasteiger partial charge in [0.1, 0.15) is 0 Å². The third-order valence-corrected chi connectivity index (χ3v) is 5.65. The lowest BCUT2D eigenvalue weighted by molar-refractivity contribution is -0.131. The molecule has 2 aliphatic rings. The van der Waals surface area contributed by atoms with Crippen LogP contribution in [0.5, 0.6) is 0 Å². The van der Waals surface area contributed by atoms with Crippen LogP contribution < -0.4 is 4.90 Å². The summed E-state index contributed by atoms with van der Waals surface area (Å²) >= 11 is 0. The Balaban J connectivity index is 1.66. The molecule has 0 N–H and O–H groups in total. The van der Waals surface area contributed by atoms with E-state index in [1.165, 1.54) is 6.08 Å². The van der Waals surface area contributed by atoms with Gasteiger partial charge in [0.05, 0.1) is 12.0 Å². The van der Waals surface area contributed by atoms with Gasteiger partial charge in [0.15, 0.2) is 0 Å². The molecule has 26 heavy (non-hydrogen) atoms. The summed E-state index contributed by atoms with van der Waals surface area (Å²) in [5.41, 5.74) is 2.71. The standard InChI is InChI=1S/C22H22N2O2/c1-2-20(25)23-14-12-22(13-15-23)18-10-6-7-11-19(18)24(21(22)26)16-17-8-4-3-5-9-17/h2-11H,1,12-16H2. The normalized spacial score (nSPS) is 18.1. The highest BCUT2D eigenvalue weighted by molar-refractivity contribution is 6.08. The second-order valence-electron chi connectivity index (χ2n) is 7.01. The van der Waals surface area contributed by atoms with Crippen molar-refractivity contribution in [3.8, 4) is 0 Å². The second kappa shape index (κ2) is 6.45. The summed E-state index contributed by atoms with van der Waals surface area (Å²) in [6.45, 7) is 5.32. The van der Waals surface area contributed by atoms with E-state index in [2.05, 4.69) is 12.6 Å². The number of para-hydroxylation sites is 1. The molecule has 2 aromatic rings. The zero-order valence-corrected chi connectivity index (χ0v) is 14.7. The number of nitrogens with zero attached hydrogens (tertiary/aromatic N) is 2. The van der Waals surface area contributed by atoms with Gasteiger partial charge in [-0.2, -0.15) is 0 Å². The largest absolute Gasteiger partial charge is 0.339 e. The summed E-state index contributed by atoms with van der Waals surface area (Å²) in [5.74, 6) is 0.105. The van der Waals surface area contributed by atoms with Crippen molar-refractivity contribution in [1.82, 2.24) is 4.90 Å². The van der Waals surface area contributed by atoms with Crippen LogP contribution in [0.15, 0.2) is 67.3 Å². The molecule has 4 rings (SSSR count). The fourth-order valence-electron chi connectivity index (χ4n) is 4.24. The number of amides is 2. The smallest absolute Gasteiger partial charge is 0.245 e. The number of benzene rings is 2. The van der Waals surface area contributed by atoms with Crippen molar-refractivity contribution < 1.29 is 9.59 Å². The number of rotatable bonds is 3. The van der Waals surface area contributed by atoms with E-state index in [9.17, 15) is 9.59 Å². The molecule has 0 unspecified atom stereocenters. The molecular formula is C22H22N2O2. The summed E-state index contributed by atoms with van der Waals surface area (Å²) < 4.78 is 0. The first kappa shape index (κ1) is 16.6. The predicted octanol–water partition coefficient (Wildman–Crippen LogP) is 3.28. The maximum Gasteiger partial charge on any atom is 0.245 e. The predicted molar refractivity (Wildman–Crippen MR) is 102 cm³/mol. The summed E-state index contributed by atoms with van der Waals surface area (Å²) in [7, 11) is 0. The summed E-state index contributed by atoms with van der Waals surface area (Å²) in [6.07, 6.45) is 2.67. The van der Waals surface area contributed by atoms with Crippen molar-refractivity contribution in [2.45, 2.75) is 24.8 Å². The number of hydrogen-bond donors (Lipinski definition) is 0. The number of hydrogen-bond acceptors (Lipinski definition) is 2. The van der Waals surface area contributed by atoms with Gasteiger partial charge in [-0.1, -0.05) is 55.1 Å².